The molecule has 1 saturated heterocycles. The van der Waals surface area contributed by atoms with Gasteiger partial charge in [0.2, 0.25) is 0 Å². The molecule has 2 aromatic rings. The summed E-state index contributed by atoms with van der Waals surface area (Å²) < 4.78 is 11.0. The molecule has 2 aliphatic heterocycles. The van der Waals surface area contributed by atoms with Crippen molar-refractivity contribution in [2.24, 2.45) is 0 Å². The third-order valence-corrected chi connectivity index (χ3v) is 6.47. The van der Waals surface area contributed by atoms with Crippen LogP contribution in [0.15, 0.2) is 22.9 Å². The first kappa shape index (κ1) is 18.1. The van der Waals surface area contributed by atoms with Gasteiger partial charge in [0, 0.05) is 30.6 Å². The summed E-state index contributed by atoms with van der Waals surface area (Å²) in [6.07, 6.45) is 3.54. The van der Waals surface area contributed by atoms with Crippen molar-refractivity contribution in [1.29, 1.82) is 0 Å². The summed E-state index contributed by atoms with van der Waals surface area (Å²) >= 11 is 1.46. The third-order valence-electron chi connectivity index (χ3n) is 5.11. The third kappa shape index (κ3) is 3.38. The van der Waals surface area contributed by atoms with Crippen LogP contribution in [0.5, 0.6) is 0 Å². The van der Waals surface area contributed by atoms with Gasteiger partial charge in [0.1, 0.15) is 11.9 Å². The van der Waals surface area contributed by atoms with Gasteiger partial charge in [-0.05, 0) is 30.9 Å². The smallest absolute Gasteiger partial charge is 0.276 e. The van der Waals surface area contributed by atoms with Crippen molar-refractivity contribution in [1.82, 2.24) is 15.4 Å². The van der Waals surface area contributed by atoms with Crippen molar-refractivity contribution in [3.8, 4) is 0 Å². The van der Waals surface area contributed by atoms with Gasteiger partial charge in [0.25, 0.3) is 11.8 Å². The maximum absolute atomic E-state index is 12.5. The molecule has 0 aromatic carbocycles. The number of aliphatic hydroxyl groups is 1. The lowest BCUT2D eigenvalue weighted by Crippen LogP contribution is -2.47. The molecule has 0 radical (unpaired) electrons. The van der Waals surface area contributed by atoms with Crippen LogP contribution >= 0.6 is 11.3 Å². The number of likely N-dealkylation sites (tertiary alicyclic amines) is 1. The van der Waals surface area contributed by atoms with Crippen LogP contribution in [0.3, 0.4) is 0 Å². The summed E-state index contributed by atoms with van der Waals surface area (Å²) in [7, 11) is 0. The van der Waals surface area contributed by atoms with Gasteiger partial charge in [-0.2, -0.15) is 0 Å². The topological polar surface area (TPSA) is 105 Å². The van der Waals surface area contributed by atoms with Crippen molar-refractivity contribution < 1.29 is 24.0 Å². The molecular formula is C18H21N3O5S. The number of fused-ring (bicyclic) bond motifs is 2. The molecule has 0 saturated carbocycles. The fourth-order valence-electron chi connectivity index (χ4n) is 3.72. The number of carbonyl (C=O) groups is 2. The molecule has 2 aliphatic rings. The number of hydrogen-bond acceptors (Lipinski definition) is 7. The van der Waals surface area contributed by atoms with E-state index in [2.05, 4.69) is 10.5 Å². The van der Waals surface area contributed by atoms with Crippen LogP contribution in [-0.4, -0.2) is 59.8 Å². The zero-order valence-electron chi connectivity index (χ0n) is 14.8. The van der Waals surface area contributed by atoms with Crippen molar-refractivity contribution in [2.75, 3.05) is 32.8 Å². The molecule has 4 heterocycles. The zero-order valence-corrected chi connectivity index (χ0v) is 15.6. The van der Waals surface area contributed by atoms with Crippen molar-refractivity contribution in [2.45, 2.75) is 24.9 Å². The lowest BCUT2D eigenvalue weighted by Gasteiger charge is -2.43. The number of ether oxygens (including phenoxy) is 1. The largest absolute Gasteiger partial charge is 0.395 e. The van der Waals surface area contributed by atoms with Crippen molar-refractivity contribution >= 4 is 23.2 Å². The van der Waals surface area contributed by atoms with Crippen LogP contribution in [-0.2, 0) is 16.8 Å². The standard InChI is InChI=1S/C18H21N3O5S/c22-8-5-19-16(23)14-11-12-1-9-25-18(15(12)27-14)3-6-21(7-4-18)17(24)13-2-10-26-20-13/h2,10-11,22H,1,3-9H2,(H,19,23). The Morgan fingerprint density at radius 1 is 1.37 bits per heavy atom. The number of aliphatic hydroxyl groups excluding tert-OH is 1. The molecule has 0 unspecified atom stereocenters. The Kier molecular flexibility index (Phi) is 4.98. The molecule has 144 valence electrons. The van der Waals surface area contributed by atoms with E-state index in [1.165, 1.54) is 17.6 Å². The molecule has 0 aliphatic carbocycles. The van der Waals surface area contributed by atoms with E-state index in [0.29, 0.717) is 43.1 Å². The van der Waals surface area contributed by atoms with E-state index < -0.39 is 5.60 Å². The number of nitrogens with zero attached hydrogens (tertiary/aromatic N) is 2. The Hall–Kier alpha value is -2.23. The number of amides is 2. The number of piperidine rings is 1. The first-order valence-corrected chi connectivity index (χ1v) is 9.80. The van der Waals surface area contributed by atoms with E-state index in [0.717, 1.165) is 16.9 Å². The summed E-state index contributed by atoms with van der Waals surface area (Å²) in [6.45, 7) is 1.89. The van der Waals surface area contributed by atoms with E-state index in [9.17, 15) is 9.59 Å². The monoisotopic (exact) mass is 391 g/mol. The lowest BCUT2D eigenvalue weighted by molar-refractivity contribution is -0.0906. The maximum Gasteiger partial charge on any atom is 0.276 e. The second-order valence-corrected chi connectivity index (χ2v) is 7.77. The van der Waals surface area contributed by atoms with Gasteiger partial charge in [-0.3, -0.25) is 9.59 Å². The summed E-state index contributed by atoms with van der Waals surface area (Å²) in [6, 6.07) is 3.50. The highest BCUT2D eigenvalue weighted by Crippen LogP contribution is 2.45. The van der Waals surface area contributed by atoms with Crippen LogP contribution in [0.4, 0.5) is 0 Å². The minimum absolute atomic E-state index is 0.0841. The number of rotatable bonds is 4. The maximum atomic E-state index is 12.5. The van der Waals surface area contributed by atoms with E-state index in [1.807, 2.05) is 6.07 Å². The zero-order chi connectivity index (χ0) is 18.9. The van der Waals surface area contributed by atoms with Crippen LogP contribution in [0.25, 0.3) is 0 Å². The van der Waals surface area contributed by atoms with Gasteiger partial charge in [-0.15, -0.1) is 11.3 Å². The van der Waals surface area contributed by atoms with Gasteiger partial charge in [-0.1, -0.05) is 5.16 Å². The molecule has 8 nitrogen and oxygen atoms in total. The fraction of sp³-hybridized carbons (Fsp3) is 0.500. The predicted molar refractivity (Wildman–Crippen MR) is 96.7 cm³/mol. The number of aromatic nitrogens is 1. The molecule has 9 heteroatoms. The molecule has 1 spiro atoms. The first-order valence-electron chi connectivity index (χ1n) is 8.99. The number of nitrogens with one attached hydrogen (secondary N) is 1. The second kappa shape index (κ2) is 7.41. The average molecular weight is 391 g/mol. The fourth-order valence-corrected chi connectivity index (χ4v) is 5.04. The second-order valence-electron chi connectivity index (χ2n) is 6.71. The van der Waals surface area contributed by atoms with E-state index in [1.54, 1.807) is 11.0 Å². The molecule has 1 fully saturated rings. The summed E-state index contributed by atoms with van der Waals surface area (Å²) in [5.41, 5.74) is 1.03. The highest BCUT2D eigenvalue weighted by Gasteiger charge is 2.43. The van der Waals surface area contributed by atoms with Gasteiger partial charge >= 0.3 is 0 Å². The SMILES string of the molecule is O=C(NCCO)c1cc2c(s1)C1(CCN(C(=O)c3ccon3)CC1)OCC2. The number of carbonyl (C=O) groups excluding carboxylic acids is 2. The Bertz CT molecular complexity index is 824. The van der Waals surface area contributed by atoms with E-state index in [4.69, 9.17) is 14.4 Å². The molecule has 0 bridgehead atoms. The summed E-state index contributed by atoms with van der Waals surface area (Å²) in [5, 5.41) is 15.3. The molecule has 2 N–H and O–H groups in total. The molecule has 2 aromatic heterocycles. The van der Waals surface area contributed by atoms with Gasteiger partial charge in [0.15, 0.2) is 5.69 Å². The van der Waals surface area contributed by atoms with E-state index >= 15 is 0 Å². The van der Waals surface area contributed by atoms with Crippen LogP contribution in [0.2, 0.25) is 0 Å². The predicted octanol–water partition coefficient (Wildman–Crippen LogP) is 1.16. The minimum atomic E-state index is -0.436. The number of thiophene rings is 1. The number of hydrogen-bond donors (Lipinski definition) is 2. The quantitative estimate of drug-likeness (QED) is 0.810. The molecule has 0 atom stereocenters. The minimum Gasteiger partial charge on any atom is -0.395 e. The Labute approximate surface area is 160 Å². The Balaban J connectivity index is 1.50. The molecule has 4 rings (SSSR count). The molecular weight excluding hydrogens is 370 g/mol. The Morgan fingerprint density at radius 2 is 2.19 bits per heavy atom. The Morgan fingerprint density at radius 3 is 2.89 bits per heavy atom. The summed E-state index contributed by atoms with van der Waals surface area (Å²) in [5.74, 6) is -0.304. The van der Waals surface area contributed by atoms with Crippen molar-refractivity contribution in [3.63, 3.8) is 0 Å². The summed E-state index contributed by atoms with van der Waals surface area (Å²) in [4.78, 5) is 28.2. The van der Waals surface area contributed by atoms with Gasteiger partial charge in [0.05, 0.1) is 18.1 Å². The van der Waals surface area contributed by atoms with E-state index in [-0.39, 0.29) is 25.0 Å². The van der Waals surface area contributed by atoms with Crippen molar-refractivity contribution in [3.05, 3.63) is 39.4 Å². The highest BCUT2D eigenvalue weighted by molar-refractivity contribution is 7.14. The van der Waals surface area contributed by atoms with Crippen LogP contribution in [0.1, 0.15) is 43.4 Å². The van der Waals surface area contributed by atoms with Gasteiger partial charge in [-0.25, -0.2) is 0 Å². The molecule has 2 amide bonds. The first-order chi connectivity index (χ1) is 13.1. The highest BCUT2D eigenvalue weighted by atomic mass is 32.1. The normalized spacial score (nSPS) is 18.3. The van der Waals surface area contributed by atoms with Crippen LogP contribution in [0, 0.1) is 0 Å². The average Bonchev–Trinajstić information content (AvgIpc) is 3.37. The van der Waals surface area contributed by atoms with Gasteiger partial charge < -0.3 is 24.6 Å². The lowest BCUT2D eigenvalue weighted by atomic mass is 9.85. The molecule has 27 heavy (non-hydrogen) atoms. The van der Waals surface area contributed by atoms with Crippen LogP contribution < -0.4 is 5.32 Å².